The lowest BCUT2D eigenvalue weighted by atomic mass is 9.76. The van der Waals surface area contributed by atoms with Crippen LogP contribution in [0.15, 0.2) is 42.5 Å². The fourth-order valence-electron chi connectivity index (χ4n) is 4.00. The van der Waals surface area contributed by atoms with Gasteiger partial charge in [-0.25, -0.2) is 4.39 Å². The highest BCUT2D eigenvalue weighted by Crippen LogP contribution is 2.38. The summed E-state index contributed by atoms with van der Waals surface area (Å²) >= 11 is 0. The summed E-state index contributed by atoms with van der Waals surface area (Å²) < 4.78 is 19.1. The number of rotatable bonds is 4. The quantitative estimate of drug-likeness (QED) is 0.722. The second kappa shape index (κ2) is 7.02. The Hall–Kier alpha value is -2.89. The number of nitrogens with one attached hydrogen (secondary N) is 2. The molecule has 0 spiro atoms. The van der Waals surface area contributed by atoms with Crippen LogP contribution >= 0.6 is 0 Å². The zero-order chi connectivity index (χ0) is 18.9. The van der Waals surface area contributed by atoms with Gasteiger partial charge in [-0.1, -0.05) is 31.4 Å². The lowest BCUT2D eigenvalue weighted by molar-refractivity contribution is 0.0862. The molecule has 1 heterocycles. The van der Waals surface area contributed by atoms with Crippen LogP contribution in [0.3, 0.4) is 0 Å². The number of carbonyl (C=O) groups is 1. The van der Waals surface area contributed by atoms with E-state index in [1.54, 1.807) is 19.2 Å². The Morgan fingerprint density at radius 1 is 1.19 bits per heavy atom. The number of methoxy groups -OCH3 is 1. The van der Waals surface area contributed by atoms with E-state index in [9.17, 15) is 9.18 Å². The van der Waals surface area contributed by atoms with Crippen LogP contribution < -0.4 is 10.1 Å². The summed E-state index contributed by atoms with van der Waals surface area (Å²) in [7, 11) is 1.59. The van der Waals surface area contributed by atoms with Gasteiger partial charge in [0, 0.05) is 5.39 Å². The van der Waals surface area contributed by atoms with E-state index in [1.807, 2.05) is 18.2 Å². The van der Waals surface area contributed by atoms with Gasteiger partial charge in [0.1, 0.15) is 11.6 Å². The molecule has 0 saturated heterocycles. The number of carbonyl (C=O) groups excluding carboxylic acids is 1. The number of H-pyrrole nitrogens is 1. The normalized spacial score (nSPS) is 16.2. The summed E-state index contributed by atoms with van der Waals surface area (Å²) in [6, 6.07) is 12.0. The molecule has 1 saturated carbocycles. The number of nitrogens with zero attached hydrogens (tertiary/aromatic N) is 1. The Morgan fingerprint density at radius 3 is 2.74 bits per heavy atom. The number of benzene rings is 2. The van der Waals surface area contributed by atoms with Gasteiger partial charge in [-0.15, -0.1) is 0 Å². The van der Waals surface area contributed by atoms with Crippen molar-refractivity contribution in [1.29, 1.82) is 0 Å². The number of aromatic amines is 1. The average Bonchev–Trinajstić information content (AvgIpc) is 3.12. The molecule has 3 aromatic rings. The lowest BCUT2D eigenvalue weighted by Gasteiger charge is -2.38. The van der Waals surface area contributed by atoms with Crippen molar-refractivity contribution in [2.45, 2.75) is 37.6 Å². The average molecular weight is 367 g/mol. The summed E-state index contributed by atoms with van der Waals surface area (Å²) in [5.74, 6) is 0.109. The maximum absolute atomic E-state index is 13.9. The number of hydrogen-bond donors (Lipinski definition) is 2. The van der Waals surface area contributed by atoms with Gasteiger partial charge < -0.3 is 10.1 Å². The molecule has 1 fully saturated rings. The molecule has 2 aromatic carbocycles. The highest BCUT2D eigenvalue weighted by molar-refractivity contribution is 6.05. The second-order valence-electron chi connectivity index (χ2n) is 7.09. The third kappa shape index (κ3) is 3.27. The van der Waals surface area contributed by atoms with Crippen LogP contribution in [0.5, 0.6) is 5.75 Å². The molecule has 1 aromatic heterocycles. The molecule has 1 aliphatic carbocycles. The van der Waals surface area contributed by atoms with Gasteiger partial charge in [-0.05, 0) is 48.7 Å². The Kier molecular flexibility index (Phi) is 4.56. The third-order valence-corrected chi connectivity index (χ3v) is 5.42. The Morgan fingerprint density at radius 2 is 2.00 bits per heavy atom. The van der Waals surface area contributed by atoms with E-state index < -0.39 is 5.54 Å². The van der Waals surface area contributed by atoms with E-state index in [1.165, 1.54) is 12.1 Å². The minimum Gasteiger partial charge on any atom is -0.497 e. The van der Waals surface area contributed by atoms with E-state index in [-0.39, 0.29) is 11.7 Å². The Balaban J connectivity index is 1.70. The highest BCUT2D eigenvalue weighted by atomic mass is 19.1. The van der Waals surface area contributed by atoms with Crippen LogP contribution in [-0.2, 0) is 5.54 Å². The van der Waals surface area contributed by atoms with Crippen molar-refractivity contribution in [3.63, 3.8) is 0 Å². The molecular formula is C21H22FN3O2. The maximum Gasteiger partial charge on any atom is 0.273 e. The van der Waals surface area contributed by atoms with Gasteiger partial charge in [-0.2, -0.15) is 5.10 Å². The SMILES string of the molecule is COc1ccc2[nH]nc(C(=O)NC3(c4cccc(F)c4)CCCCC3)c2c1. The van der Waals surface area contributed by atoms with Crippen molar-refractivity contribution in [3.8, 4) is 5.75 Å². The molecule has 0 atom stereocenters. The lowest BCUT2D eigenvalue weighted by Crippen LogP contribution is -2.47. The van der Waals surface area contributed by atoms with E-state index in [0.717, 1.165) is 43.2 Å². The number of ether oxygens (including phenoxy) is 1. The number of fused-ring (bicyclic) bond motifs is 1. The number of amides is 1. The number of halogens is 1. The summed E-state index contributed by atoms with van der Waals surface area (Å²) in [5.41, 5.74) is 1.34. The fraction of sp³-hybridized carbons (Fsp3) is 0.333. The molecule has 1 aliphatic rings. The molecule has 2 N–H and O–H groups in total. The van der Waals surface area contributed by atoms with Crippen LogP contribution in [0.1, 0.15) is 48.2 Å². The van der Waals surface area contributed by atoms with Crippen LogP contribution in [-0.4, -0.2) is 23.2 Å². The molecule has 27 heavy (non-hydrogen) atoms. The smallest absolute Gasteiger partial charge is 0.273 e. The van der Waals surface area contributed by atoms with Gasteiger partial charge in [0.25, 0.3) is 5.91 Å². The monoisotopic (exact) mass is 367 g/mol. The predicted octanol–water partition coefficient (Wildman–Crippen LogP) is 4.30. The first-order valence-corrected chi connectivity index (χ1v) is 9.22. The summed E-state index contributed by atoms with van der Waals surface area (Å²) in [5, 5.41) is 11.0. The van der Waals surface area contributed by atoms with Gasteiger partial charge in [0.2, 0.25) is 0 Å². The maximum atomic E-state index is 13.9. The summed E-state index contributed by atoms with van der Waals surface area (Å²) in [4.78, 5) is 13.1. The zero-order valence-corrected chi connectivity index (χ0v) is 15.2. The van der Waals surface area contributed by atoms with Crippen LogP contribution in [0.2, 0.25) is 0 Å². The molecule has 1 amide bonds. The minimum absolute atomic E-state index is 0.263. The Bertz CT molecular complexity index is 976. The van der Waals surface area contributed by atoms with Crippen molar-refractivity contribution >= 4 is 16.8 Å². The third-order valence-electron chi connectivity index (χ3n) is 5.42. The highest BCUT2D eigenvalue weighted by Gasteiger charge is 2.36. The van der Waals surface area contributed by atoms with Crippen molar-refractivity contribution in [3.05, 3.63) is 59.5 Å². The van der Waals surface area contributed by atoms with Crippen molar-refractivity contribution < 1.29 is 13.9 Å². The van der Waals surface area contributed by atoms with Gasteiger partial charge in [-0.3, -0.25) is 9.89 Å². The van der Waals surface area contributed by atoms with Gasteiger partial charge >= 0.3 is 0 Å². The minimum atomic E-state index is -0.568. The molecule has 0 radical (unpaired) electrons. The van der Waals surface area contributed by atoms with E-state index in [2.05, 4.69) is 15.5 Å². The van der Waals surface area contributed by atoms with Crippen LogP contribution in [0.4, 0.5) is 4.39 Å². The Labute approximate surface area is 156 Å². The molecule has 4 rings (SSSR count). The fourth-order valence-corrected chi connectivity index (χ4v) is 4.00. The molecule has 0 bridgehead atoms. The molecular weight excluding hydrogens is 345 g/mol. The van der Waals surface area contributed by atoms with Gasteiger partial charge in [0.15, 0.2) is 5.69 Å². The summed E-state index contributed by atoms with van der Waals surface area (Å²) in [6.45, 7) is 0. The molecule has 140 valence electrons. The molecule has 5 nitrogen and oxygen atoms in total. The molecule has 0 aliphatic heterocycles. The van der Waals surface area contributed by atoms with Crippen LogP contribution in [0, 0.1) is 5.82 Å². The standard InChI is InChI=1S/C21H22FN3O2/c1-27-16-8-9-18-17(13-16)19(25-24-18)20(26)23-21(10-3-2-4-11-21)14-6-5-7-15(22)12-14/h5-9,12-13H,2-4,10-11H2,1H3,(H,23,26)(H,24,25). The van der Waals surface area contributed by atoms with E-state index in [0.29, 0.717) is 16.8 Å². The first-order valence-electron chi connectivity index (χ1n) is 9.22. The van der Waals surface area contributed by atoms with E-state index in [4.69, 9.17) is 4.74 Å². The zero-order valence-electron chi connectivity index (χ0n) is 15.2. The van der Waals surface area contributed by atoms with E-state index >= 15 is 0 Å². The first kappa shape index (κ1) is 17.5. The summed E-state index contributed by atoms with van der Waals surface area (Å²) in [6.07, 6.45) is 4.68. The number of aromatic nitrogens is 2. The largest absolute Gasteiger partial charge is 0.497 e. The number of hydrogen-bond acceptors (Lipinski definition) is 3. The van der Waals surface area contributed by atoms with Crippen molar-refractivity contribution in [2.24, 2.45) is 0 Å². The van der Waals surface area contributed by atoms with Crippen molar-refractivity contribution in [1.82, 2.24) is 15.5 Å². The molecule has 0 unspecified atom stereocenters. The van der Waals surface area contributed by atoms with Gasteiger partial charge in [0.05, 0.1) is 18.2 Å². The predicted molar refractivity (Wildman–Crippen MR) is 101 cm³/mol. The van der Waals surface area contributed by atoms with Crippen molar-refractivity contribution in [2.75, 3.05) is 7.11 Å². The van der Waals surface area contributed by atoms with Crippen LogP contribution in [0.25, 0.3) is 10.9 Å². The second-order valence-corrected chi connectivity index (χ2v) is 7.09. The molecule has 6 heteroatoms. The topological polar surface area (TPSA) is 67.0 Å². The first-order chi connectivity index (χ1) is 13.1.